The van der Waals surface area contributed by atoms with E-state index in [1.807, 2.05) is 38.1 Å². The largest absolute Gasteiger partial charge is 0.486 e. The van der Waals surface area contributed by atoms with E-state index in [9.17, 15) is 5.11 Å². The highest BCUT2D eigenvalue weighted by Gasteiger charge is 2.28. The highest BCUT2D eigenvalue weighted by molar-refractivity contribution is 5.28. The van der Waals surface area contributed by atoms with Gasteiger partial charge in [-0.05, 0) is 43.9 Å². The Morgan fingerprint density at radius 3 is 2.62 bits per heavy atom. The summed E-state index contributed by atoms with van der Waals surface area (Å²) in [6.45, 7) is 4.37. The van der Waals surface area contributed by atoms with Gasteiger partial charge in [0.05, 0.1) is 6.10 Å². The predicted molar refractivity (Wildman–Crippen MR) is 79.1 cm³/mol. The maximum Gasteiger partial charge on any atom is 0.171 e. The number of hydrogen-bond acceptors (Lipinski definition) is 4. The summed E-state index contributed by atoms with van der Waals surface area (Å²) < 4.78 is 7.96. The molecule has 3 rings (SSSR count). The lowest BCUT2D eigenvalue weighted by Crippen LogP contribution is -2.07. The molecule has 1 N–H and O–H groups in total. The van der Waals surface area contributed by atoms with Gasteiger partial charge in [-0.1, -0.05) is 19.1 Å². The van der Waals surface area contributed by atoms with E-state index in [4.69, 9.17) is 4.74 Å². The third-order valence-corrected chi connectivity index (χ3v) is 3.87. The van der Waals surface area contributed by atoms with Crippen LogP contribution in [0.15, 0.2) is 24.3 Å². The molecule has 1 saturated carbocycles. The Morgan fingerprint density at radius 2 is 2.00 bits per heavy atom. The third-order valence-electron chi connectivity index (χ3n) is 3.87. The number of hydrogen-bond donors (Lipinski definition) is 1. The zero-order valence-electron chi connectivity index (χ0n) is 12.5. The fraction of sp³-hybridized carbons (Fsp3) is 0.500. The lowest BCUT2D eigenvalue weighted by atomic mass is 10.1. The van der Waals surface area contributed by atoms with Crippen LogP contribution in [0.2, 0.25) is 0 Å². The lowest BCUT2D eigenvalue weighted by molar-refractivity contribution is 0.173. The molecule has 0 spiro atoms. The fourth-order valence-corrected chi connectivity index (χ4v) is 2.49. The van der Waals surface area contributed by atoms with Crippen molar-refractivity contribution in [1.82, 2.24) is 14.8 Å². The fourth-order valence-electron chi connectivity index (χ4n) is 2.49. The number of nitrogens with zero attached hydrogens (tertiary/aromatic N) is 3. The molecule has 1 atom stereocenters. The molecule has 112 valence electrons. The van der Waals surface area contributed by atoms with Gasteiger partial charge in [-0.2, -0.15) is 0 Å². The highest BCUT2D eigenvalue weighted by Crippen LogP contribution is 2.36. The molecular weight excluding hydrogens is 266 g/mol. The molecule has 1 fully saturated rings. The molecule has 2 aromatic rings. The van der Waals surface area contributed by atoms with E-state index in [0.717, 1.165) is 23.0 Å². The normalized spacial score (nSPS) is 16.0. The van der Waals surface area contributed by atoms with Crippen LogP contribution < -0.4 is 4.74 Å². The Labute approximate surface area is 124 Å². The molecule has 0 radical (unpaired) electrons. The first-order valence-corrected chi connectivity index (χ1v) is 7.50. The Bertz CT molecular complexity index is 602. The molecular formula is C16H21N3O2. The van der Waals surface area contributed by atoms with Crippen molar-refractivity contribution in [1.29, 1.82) is 0 Å². The van der Waals surface area contributed by atoms with Crippen LogP contribution in [-0.2, 0) is 6.61 Å². The first-order valence-electron chi connectivity index (χ1n) is 7.50. The van der Waals surface area contributed by atoms with E-state index in [1.165, 1.54) is 12.8 Å². The number of aromatic nitrogens is 3. The second-order valence-electron chi connectivity index (χ2n) is 5.55. The van der Waals surface area contributed by atoms with E-state index in [1.54, 1.807) is 0 Å². The molecule has 1 aliphatic rings. The minimum atomic E-state index is -0.403. The predicted octanol–water partition coefficient (Wildman–Crippen LogP) is 2.94. The van der Waals surface area contributed by atoms with Crippen molar-refractivity contribution in [2.45, 2.75) is 51.9 Å². The molecule has 0 aliphatic heterocycles. The Kier molecular flexibility index (Phi) is 3.92. The molecule has 5 heteroatoms. The van der Waals surface area contributed by atoms with Gasteiger partial charge in [0.25, 0.3) is 0 Å². The van der Waals surface area contributed by atoms with Crippen molar-refractivity contribution in [2.75, 3.05) is 0 Å². The van der Waals surface area contributed by atoms with Gasteiger partial charge in [-0.3, -0.25) is 0 Å². The number of ether oxygens (including phenoxy) is 1. The van der Waals surface area contributed by atoms with Crippen LogP contribution in [0, 0.1) is 6.92 Å². The Balaban J connectivity index is 1.65. The van der Waals surface area contributed by atoms with Crippen LogP contribution in [0.5, 0.6) is 5.75 Å². The number of aryl methyl sites for hydroxylation is 1. The summed E-state index contributed by atoms with van der Waals surface area (Å²) in [5, 5.41) is 18.1. The van der Waals surface area contributed by atoms with Gasteiger partial charge < -0.3 is 14.4 Å². The number of rotatable bonds is 6. The first kappa shape index (κ1) is 14.1. The van der Waals surface area contributed by atoms with Crippen molar-refractivity contribution in [2.24, 2.45) is 0 Å². The highest BCUT2D eigenvalue weighted by atomic mass is 16.5. The van der Waals surface area contributed by atoms with E-state index < -0.39 is 6.10 Å². The van der Waals surface area contributed by atoms with E-state index in [0.29, 0.717) is 19.1 Å². The SMILES string of the molecule is CCC(O)c1ccc(OCc2nnc(C)n2C2CC2)cc1. The summed E-state index contributed by atoms with van der Waals surface area (Å²) in [6, 6.07) is 8.14. The van der Waals surface area contributed by atoms with E-state index >= 15 is 0 Å². The van der Waals surface area contributed by atoms with Gasteiger partial charge >= 0.3 is 0 Å². The third kappa shape index (κ3) is 3.08. The average Bonchev–Trinajstić information content (AvgIpc) is 3.28. The van der Waals surface area contributed by atoms with Crippen LogP contribution in [0.3, 0.4) is 0 Å². The monoisotopic (exact) mass is 287 g/mol. The maximum absolute atomic E-state index is 9.77. The molecule has 1 aromatic carbocycles. The standard InChI is InChI=1S/C16H21N3O2/c1-3-15(20)12-4-8-14(9-5-12)21-10-16-18-17-11(2)19(16)13-6-7-13/h4-5,8-9,13,15,20H,3,6-7,10H2,1-2H3. The van der Waals surface area contributed by atoms with Crippen molar-refractivity contribution in [3.63, 3.8) is 0 Å². The quantitative estimate of drug-likeness (QED) is 0.887. The smallest absolute Gasteiger partial charge is 0.171 e. The lowest BCUT2D eigenvalue weighted by Gasteiger charge is -2.11. The van der Waals surface area contributed by atoms with Gasteiger partial charge in [-0.15, -0.1) is 10.2 Å². The molecule has 1 unspecified atom stereocenters. The second-order valence-corrected chi connectivity index (χ2v) is 5.55. The van der Waals surface area contributed by atoms with Crippen LogP contribution in [-0.4, -0.2) is 19.9 Å². The van der Waals surface area contributed by atoms with E-state index in [-0.39, 0.29) is 0 Å². The van der Waals surface area contributed by atoms with Crippen LogP contribution in [0.25, 0.3) is 0 Å². The summed E-state index contributed by atoms with van der Waals surface area (Å²) in [7, 11) is 0. The Morgan fingerprint density at radius 1 is 1.29 bits per heavy atom. The summed E-state index contributed by atoms with van der Waals surface area (Å²) in [5.74, 6) is 2.62. The topological polar surface area (TPSA) is 60.2 Å². The maximum atomic E-state index is 9.77. The number of aliphatic hydroxyl groups excluding tert-OH is 1. The van der Waals surface area contributed by atoms with Crippen molar-refractivity contribution in [3.8, 4) is 5.75 Å². The van der Waals surface area contributed by atoms with Crippen LogP contribution >= 0.6 is 0 Å². The van der Waals surface area contributed by atoms with Gasteiger partial charge in [0, 0.05) is 6.04 Å². The van der Waals surface area contributed by atoms with E-state index in [2.05, 4.69) is 14.8 Å². The summed E-state index contributed by atoms with van der Waals surface area (Å²) in [6.07, 6.45) is 2.72. The van der Waals surface area contributed by atoms with Crippen molar-refractivity contribution >= 4 is 0 Å². The minimum Gasteiger partial charge on any atom is -0.486 e. The van der Waals surface area contributed by atoms with Crippen LogP contribution in [0.4, 0.5) is 0 Å². The molecule has 5 nitrogen and oxygen atoms in total. The number of benzene rings is 1. The number of aliphatic hydroxyl groups is 1. The molecule has 0 amide bonds. The molecule has 1 heterocycles. The average molecular weight is 287 g/mol. The molecule has 1 aliphatic carbocycles. The second kappa shape index (κ2) is 5.85. The summed E-state index contributed by atoms with van der Waals surface area (Å²) in [4.78, 5) is 0. The van der Waals surface area contributed by atoms with Gasteiger partial charge in [0.1, 0.15) is 18.2 Å². The molecule has 21 heavy (non-hydrogen) atoms. The molecule has 1 aromatic heterocycles. The van der Waals surface area contributed by atoms with Gasteiger partial charge in [-0.25, -0.2) is 0 Å². The first-order chi connectivity index (χ1) is 10.2. The van der Waals surface area contributed by atoms with Gasteiger partial charge in [0.15, 0.2) is 5.82 Å². The zero-order valence-corrected chi connectivity index (χ0v) is 12.5. The molecule has 0 saturated heterocycles. The van der Waals surface area contributed by atoms with Crippen LogP contribution in [0.1, 0.15) is 55.5 Å². The Hall–Kier alpha value is -1.88. The zero-order chi connectivity index (χ0) is 14.8. The van der Waals surface area contributed by atoms with Gasteiger partial charge in [0.2, 0.25) is 0 Å². The summed E-state index contributed by atoms with van der Waals surface area (Å²) >= 11 is 0. The van der Waals surface area contributed by atoms with Crippen molar-refractivity contribution < 1.29 is 9.84 Å². The molecule has 0 bridgehead atoms. The minimum absolute atomic E-state index is 0.403. The van der Waals surface area contributed by atoms with Crippen molar-refractivity contribution in [3.05, 3.63) is 41.5 Å². The summed E-state index contributed by atoms with van der Waals surface area (Å²) in [5.41, 5.74) is 0.918.